The fourth-order valence-electron chi connectivity index (χ4n) is 6.28. The minimum Gasteiger partial charge on any atom is -0.494 e. The zero-order valence-electron chi connectivity index (χ0n) is 20.9. The average molecular weight is 472 g/mol. The topological polar surface area (TPSA) is 69.3 Å². The van der Waals surface area contributed by atoms with Crippen LogP contribution in [0.5, 0.6) is 5.75 Å². The van der Waals surface area contributed by atoms with E-state index in [-0.39, 0.29) is 12.0 Å². The van der Waals surface area contributed by atoms with Crippen molar-refractivity contribution in [1.29, 1.82) is 10.5 Å². The van der Waals surface area contributed by atoms with E-state index < -0.39 is 5.41 Å². The third-order valence-electron chi connectivity index (χ3n) is 7.96. The van der Waals surface area contributed by atoms with Crippen LogP contribution in [0, 0.1) is 34.5 Å². The molecule has 0 aromatic heterocycles. The Bertz CT molecular complexity index is 1000. The predicted octanol–water partition coefficient (Wildman–Crippen LogP) is 5.71. The molecule has 35 heavy (non-hydrogen) atoms. The van der Waals surface area contributed by atoms with E-state index in [1.165, 1.54) is 5.56 Å². The quantitative estimate of drug-likeness (QED) is 0.415. The molecule has 2 aromatic rings. The number of nitrogens with zero attached hydrogens (tertiary/aromatic N) is 3. The van der Waals surface area contributed by atoms with Crippen molar-refractivity contribution >= 4 is 0 Å². The molecule has 5 heteroatoms. The molecule has 184 valence electrons. The summed E-state index contributed by atoms with van der Waals surface area (Å²) in [4.78, 5) is 2.51. The first kappa shape index (κ1) is 25.2. The lowest BCUT2D eigenvalue weighted by molar-refractivity contribution is -0.00198. The van der Waals surface area contributed by atoms with E-state index in [0.29, 0.717) is 24.7 Å². The second-order valence-electron chi connectivity index (χ2n) is 9.83. The van der Waals surface area contributed by atoms with E-state index in [9.17, 15) is 5.26 Å². The van der Waals surface area contributed by atoms with Crippen LogP contribution in [-0.4, -0.2) is 43.9 Å². The van der Waals surface area contributed by atoms with Gasteiger partial charge in [0.05, 0.1) is 35.8 Å². The first-order chi connectivity index (χ1) is 17.2. The van der Waals surface area contributed by atoms with Crippen molar-refractivity contribution in [3.05, 3.63) is 65.7 Å². The molecule has 1 aliphatic heterocycles. The highest BCUT2D eigenvalue weighted by Gasteiger charge is 2.52. The molecule has 1 saturated carbocycles. The first-order valence-corrected chi connectivity index (χ1v) is 13.1. The van der Waals surface area contributed by atoms with Crippen LogP contribution >= 0.6 is 0 Å². The molecule has 1 aliphatic carbocycles. The smallest absolute Gasteiger partial charge is 0.119 e. The maximum Gasteiger partial charge on any atom is 0.119 e. The Labute approximate surface area is 210 Å². The summed E-state index contributed by atoms with van der Waals surface area (Å²) in [6, 6.07) is 22.8. The van der Waals surface area contributed by atoms with E-state index >= 15 is 0 Å². The van der Waals surface area contributed by atoms with Gasteiger partial charge < -0.3 is 14.4 Å². The van der Waals surface area contributed by atoms with Gasteiger partial charge in [-0.25, -0.2) is 0 Å². The van der Waals surface area contributed by atoms with Crippen LogP contribution in [0.1, 0.15) is 56.6 Å². The van der Waals surface area contributed by atoms with Gasteiger partial charge >= 0.3 is 0 Å². The summed E-state index contributed by atoms with van der Waals surface area (Å²) in [6.45, 7) is 6.47. The molecule has 3 atom stereocenters. The number of hydrogen-bond donors (Lipinski definition) is 0. The van der Waals surface area contributed by atoms with Crippen LogP contribution in [0.25, 0.3) is 0 Å². The number of piperidine rings is 1. The molecule has 2 fully saturated rings. The van der Waals surface area contributed by atoms with Gasteiger partial charge in [-0.05, 0) is 87.9 Å². The van der Waals surface area contributed by atoms with Crippen LogP contribution in [-0.2, 0) is 10.2 Å². The molecule has 1 saturated heterocycles. The van der Waals surface area contributed by atoms with E-state index in [2.05, 4.69) is 48.2 Å². The largest absolute Gasteiger partial charge is 0.494 e. The summed E-state index contributed by atoms with van der Waals surface area (Å²) in [5.74, 6) is 1.41. The van der Waals surface area contributed by atoms with Gasteiger partial charge in [0.25, 0.3) is 0 Å². The highest BCUT2D eigenvalue weighted by Crippen LogP contribution is 2.50. The Kier molecular flexibility index (Phi) is 8.80. The zero-order chi connectivity index (χ0) is 24.5. The predicted molar refractivity (Wildman–Crippen MR) is 137 cm³/mol. The third-order valence-corrected chi connectivity index (χ3v) is 7.96. The number of ether oxygens (including phenoxy) is 2. The van der Waals surface area contributed by atoms with Gasteiger partial charge in [-0.2, -0.15) is 10.5 Å². The zero-order valence-corrected chi connectivity index (χ0v) is 20.9. The van der Waals surface area contributed by atoms with Crippen molar-refractivity contribution in [2.45, 2.75) is 57.0 Å². The molecule has 0 radical (unpaired) electrons. The van der Waals surface area contributed by atoms with Gasteiger partial charge in [0.15, 0.2) is 0 Å². The highest BCUT2D eigenvalue weighted by atomic mass is 16.5. The van der Waals surface area contributed by atoms with Crippen LogP contribution in [0.15, 0.2) is 54.6 Å². The Morgan fingerprint density at radius 3 is 2.37 bits per heavy atom. The summed E-state index contributed by atoms with van der Waals surface area (Å²) in [7, 11) is 0. The lowest BCUT2D eigenvalue weighted by Gasteiger charge is -2.46. The van der Waals surface area contributed by atoms with Crippen molar-refractivity contribution in [3.8, 4) is 17.9 Å². The van der Waals surface area contributed by atoms with Crippen LogP contribution in [0.3, 0.4) is 0 Å². The molecular formula is C30H37N3O2. The SMILES string of the molecule is CCO[C@H]1CCC[C@@H]1[C@](C#N)(c1ccccc1)C1CCN(CCCOc2ccc(C#N)cc2)CC1. The van der Waals surface area contributed by atoms with Crippen molar-refractivity contribution in [3.63, 3.8) is 0 Å². The maximum atomic E-state index is 10.8. The molecule has 0 N–H and O–H groups in total. The van der Waals surface area contributed by atoms with Gasteiger partial charge in [-0.3, -0.25) is 0 Å². The van der Waals surface area contributed by atoms with E-state index in [0.717, 1.165) is 63.9 Å². The molecule has 2 aromatic carbocycles. The maximum absolute atomic E-state index is 10.8. The minimum atomic E-state index is -0.484. The molecular weight excluding hydrogens is 434 g/mol. The normalized spacial score (nSPS) is 22.7. The van der Waals surface area contributed by atoms with E-state index in [1.54, 1.807) is 12.1 Å². The van der Waals surface area contributed by atoms with Crippen molar-refractivity contribution in [2.75, 3.05) is 32.8 Å². The fraction of sp³-hybridized carbons (Fsp3) is 0.533. The summed E-state index contributed by atoms with van der Waals surface area (Å²) in [5, 5.41) is 19.7. The Morgan fingerprint density at radius 2 is 1.71 bits per heavy atom. The van der Waals surface area contributed by atoms with E-state index in [4.69, 9.17) is 14.7 Å². The van der Waals surface area contributed by atoms with Gasteiger partial charge in [-0.15, -0.1) is 0 Å². The third kappa shape index (κ3) is 5.69. The summed E-state index contributed by atoms with van der Waals surface area (Å²) in [6.07, 6.45) is 6.48. The van der Waals surface area contributed by atoms with Crippen molar-refractivity contribution < 1.29 is 9.47 Å². The van der Waals surface area contributed by atoms with Crippen molar-refractivity contribution in [1.82, 2.24) is 4.90 Å². The highest BCUT2D eigenvalue weighted by molar-refractivity contribution is 5.37. The summed E-state index contributed by atoms with van der Waals surface area (Å²) in [5.41, 5.74) is 1.34. The molecule has 0 amide bonds. The monoisotopic (exact) mass is 471 g/mol. The Morgan fingerprint density at radius 1 is 0.971 bits per heavy atom. The molecule has 1 heterocycles. The van der Waals surface area contributed by atoms with Crippen molar-refractivity contribution in [2.24, 2.45) is 11.8 Å². The van der Waals surface area contributed by atoms with Gasteiger partial charge in [0.2, 0.25) is 0 Å². The molecule has 2 aliphatic rings. The average Bonchev–Trinajstić information content (AvgIpc) is 3.38. The van der Waals surface area contributed by atoms with Crippen LogP contribution in [0.2, 0.25) is 0 Å². The van der Waals surface area contributed by atoms with Crippen LogP contribution < -0.4 is 4.74 Å². The van der Waals surface area contributed by atoms with Gasteiger partial charge in [0, 0.05) is 19.1 Å². The molecule has 5 nitrogen and oxygen atoms in total. The number of nitriles is 2. The standard InChI is InChI=1S/C30H37N3O2/c1-2-34-29-11-6-10-28(29)30(23-32,25-8-4-3-5-9-25)26-16-19-33(20-17-26)18-7-21-35-27-14-12-24(22-31)13-15-27/h3-5,8-9,12-15,26,28-29H,2,6-7,10-11,16-21H2,1H3/t28-,29-,30+/m0/s1. The summed E-state index contributed by atoms with van der Waals surface area (Å²) >= 11 is 0. The lowest BCUT2D eigenvalue weighted by Crippen LogP contribution is -2.49. The van der Waals surface area contributed by atoms with Gasteiger partial charge in [-0.1, -0.05) is 36.8 Å². The second-order valence-corrected chi connectivity index (χ2v) is 9.83. The summed E-state index contributed by atoms with van der Waals surface area (Å²) < 4.78 is 12.0. The minimum absolute atomic E-state index is 0.178. The molecule has 0 spiro atoms. The van der Waals surface area contributed by atoms with Gasteiger partial charge in [0.1, 0.15) is 5.75 Å². The first-order valence-electron chi connectivity index (χ1n) is 13.1. The fourth-order valence-corrected chi connectivity index (χ4v) is 6.28. The van der Waals surface area contributed by atoms with Crippen LogP contribution in [0.4, 0.5) is 0 Å². The Balaban J connectivity index is 1.36. The number of rotatable bonds is 10. The number of likely N-dealkylation sites (tertiary alicyclic amines) is 1. The molecule has 0 unspecified atom stereocenters. The number of hydrogen-bond acceptors (Lipinski definition) is 5. The van der Waals surface area contributed by atoms with E-state index in [1.807, 2.05) is 18.2 Å². The Hall–Kier alpha value is -2.86. The molecule has 4 rings (SSSR count). The molecule has 0 bridgehead atoms. The lowest BCUT2D eigenvalue weighted by atomic mass is 9.59. The second kappa shape index (κ2) is 12.2. The number of benzene rings is 2.